The first-order valence-electron chi connectivity index (χ1n) is 9.50. The first kappa shape index (κ1) is 20.0. The van der Waals surface area contributed by atoms with Crippen LogP contribution < -0.4 is 14.8 Å². The van der Waals surface area contributed by atoms with Gasteiger partial charge in [0.15, 0.2) is 0 Å². The molecule has 1 N–H and O–H groups in total. The largest absolute Gasteiger partial charge is 0.497 e. The number of nitrogens with zero attached hydrogens (tertiary/aromatic N) is 1. The van der Waals surface area contributed by atoms with E-state index >= 15 is 0 Å². The molecule has 1 fully saturated rings. The number of likely N-dealkylation sites (tertiary alicyclic amines) is 1. The quantitative estimate of drug-likeness (QED) is 0.755. The standard InChI is InChI=1S/C22H28N2O4/c1-16(23-12-18-9-10-20(26-2)11-21(18)27-3)19-13-24(14-19)22(25)28-15-17-7-5-4-6-8-17/h4-11,16,19,23H,12-15H2,1-3H3. The average molecular weight is 384 g/mol. The molecule has 0 aromatic heterocycles. The van der Waals surface area contributed by atoms with Gasteiger partial charge in [-0.05, 0) is 18.6 Å². The zero-order valence-corrected chi connectivity index (χ0v) is 16.7. The lowest BCUT2D eigenvalue weighted by Gasteiger charge is -2.41. The molecule has 1 aliphatic heterocycles. The molecule has 1 unspecified atom stereocenters. The third kappa shape index (κ3) is 4.95. The van der Waals surface area contributed by atoms with Crippen LogP contribution in [0.5, 0.6) is 11.5 Å². The van der Waals surface area contributed by atoms with Crippen molar-refractivity contribution in [3.05, 3.63) is 59.7 Å². The predicted octanol–water partition coefficient (Wildman–Crippen LogP) is 3.45. The van der Waals surface area contributed by atoms with Gasteiger partial charge in [-0.15, -0.1) is 0 Å². The van der Waals surface area contributed by atoms with Crippen molar-refractivity contribution in [1.82, 2.24) is 10.2 Å². The van der Waals surface area contributed by atoms with Crippen LogP contribution in [0.4, 0.5) is 4.79 Å². The lowest BCUT2D eigenvalue weighted by atomic mass is 9.93. The maximum atomic E-state index is 12.1. The van der Waals surface area contributed by atoms with Gasteiger partial charge < -0.3 is 24.4 Å². The van der Waals surface area contributed by atoms with Crippen LogP contribution in [0.3, 0.4) is 0 Å². The van der Waals surface area contributed by atoms with Gasteiger partial charge in [-0.2, -0.15) is 0 Å². The molecule has 0 aliphatic carbocycles. The fraction of sp³-hybridized carbons (Fsp3) is 0.409. The smallest absolute Gasteiger partial charge is 0.410 e. The van der Waals surface area contributed by atoms with Gasteiger partial charge in [0.2, 0.25) is 0 Å². The van der Waals surface area contributed by atoms with Gasteiger partial charge in [0.25, 0.3) is 0 Å². The number of carbonyl (C=O) groups excluding carboxylic acids is 1. The Morgan fingerprint density at radius 2 is 1.89 bits per heavy atom. The van der Waals surface area contributed by atoms with Crippen molar-refractivity contribution in [2.75, 3.05) is 27.3 Å². The van der Waals surface area contributed by atoms with E-state index in [9.17, 15) is 4.79 Å². The number of benzene rings is 2. The molecule has 1 amide bonds. The van der Waals surface area contributed by atoms with E-state index in [1.54, 1.807) is 19.1 Å². The van der Waals surface area contributed by atoms with Gasteiger partial charge in [-0.3, -0.25) is 0 Å². The van der Waals surface area contributed by atoms with Crippen LogP contribution in [0.1, 0.15) is 18.1 Å². The molecule has 1 atom stereocenters. The molecule has 2 aromatic carbocycles. The van der Waals surface area contributed by atoms with Crippen molar-refractivity contribution < 1.29 is 19.0 Å². The Morgan fingerprint density at radius 1 is 1.14 bits per heavy atom. The Labute approximate surface area is 166 Å². The zero-order chi connectivity index (χ0) is 19.9. The monoisotopic (exact) mass is 384 g/mol. The lowest BCUT2D eigenvalue weighted by molar-refractivity contribution is 0.0395. The highest BCUT2D eigenvalue weighted by molar-refractivity contribution is 5.68. The molecule has 3 rings (SSSR count). The SMILES string of the molecule is COc1ccc(CNC(C)C2CN(C(=O)OCc3ccccc3)C2)c(OC)c1. The van der Waals surface area contributed by atoms with Crippen LogP contribution in [0.2, 0.25) is 0 Å². The van der Waals surface area contributed by atoms with Gasteiger partial charge in [0.1, 0.15) is 18.1 Å². The topological polar surface area (TPSA) is 60.0 Å². The van der Waals surface area contributed by atoms with E-state index in [0.717, 1.165) is 22.6 Å². The van der Waals surface area contributed by atoms with Gasteiger partial charge in [0.05, 0.1) is 14.2 Å². The summed E-state index contributed by atoms with van der Waals surface area (Å²) in [6.07, 6.45) is -0.246. The Balaban J connectivity index is 1.41. The maximum Gasteiger partial charge on any atom is 0.410 e. The minimum atomic E-state index is -0.246. The summed E-state index contributed by atoms with van der Waals surface area (Å²) in [7, 11) is 3.30. The molecule has 0 radical (unpaired) electrons. The van der Waals surface area contributed by atoms with Crippen molar-refractivity contribution in [1.29, 1.82) is 0 Å². The highest BCUT2D eigenvalue weighted by Gasteiger charge is 2.35. The second-order valence-corrected chi connectivity index (χ2v) is 7.05. The number of methoxy groups -OCH3 is 2. The molecule has 1 heterocycles. The number of nitrogens with one attached hydrogen (secondary N) is 1. The summed E-state index contributed by atoms with van der Waals surface area (Å²) in [6, 6.07) is 15.8. The van der Waals surface area contributed by atoms with Gasteiger partial charge in [-0.1, -0.05) is 36.4 Å². The Morgan fingerprint density at radius 3 is 2.57 bits per heavy atom. The van der Waals surface area contributed by atoms with Gasteiger partial charge in [0, 0.05) is 43.2 Å². The van der Waals surface area contributed by atoms with Crippen LogP contribution in [0.25, 0.3) is 0 Å². The molecule has 0 spiro atoms. The molecular formula is C22H28N2O4. The van der Waals surface area contributed by atoms with E-state index in [-0.39, 0.29) is 12.1 Å². The van der Waals surface area contributed by atoms with Crippen LogP contribution in [-0.2, 0) is 17.9 Å². The average Bonchev–Trinajstić information content (AvgIpc) is 2.70. The second kappa shape index (κ2) is 9.46. The molecule has 1 aliphatic rings. The summed E-state index contributed by atoms with van der Waals surface area (Å²) in [5.41, 5.74) is 2.07. The third-order valence-corrected chi connectivity index (χ3v) is 5.19. The molecule has 150 valence electrons. The van der Waals surface area contributed by atoms with Gasteiger partial charge in [-0.25, -0.2) is 4.79 Å². The number of ether oxygens (including phenoxy) is 3. The highest BCUT2D eigenvalue weighted by Crippen LogP contribution is 2.25. The molecule has 0 saturated carbocycles. The molecule has 2 aromatic rings. The molecular weight excluding hydrogens is 356 g/mol. The van der Waals surface area contributed by atoms with Gasteiger partial charge >= 0.3 is 6.09 Å². The second-order valence-electron chi connectivity index (χ2n) is 7.05. The molecule has 0 bridgehead atoms. The zero-order valence-electron chi connectivity index (χ0n) is 16.7. The molecule has 6 nitrogen and oxygen atoms in total. The highest BCUT2D eigenvalue weighted by atomic mass is 16.6. The molecule has 6 heteroatoms. The van der Waals surface area contributed by atoms with E-state index in [2.05, 4.69) is 12.2 Å². The van der Waals surface area contributed by atoms with Crippen molar-refractivity contribution >= 4 is 6.09 Å². The Hall–Kier alpha value is -2.73. The van der Waals surface area contributed by atoms with Crippen molar-refractivity contribution in [2.24, 2.45) is 5.92 Å². The maximum absolute atomic E-state index is 12.1. The summed E-state index contributed by atoms with van der Waals surface area (Å²) in [4.78, 5) is 13.9. The van der Waals surface area contributed by atoms with Crippen LogP contribution in [0, 0.1) is 5.92 Å². The van der Waals surface area contributed by atoms with Crippen molar-refractivity contribution in [2.45, 2.75) is 26.1 Å². The first-order valence-corrected chi connectivity index (χ1v) is 9.50. The normalized spacial score (nSPS) is 14.9. The summed E-state index contributed by atoms with van der Waals surface area (Å²) < 4.78 is 16.1. The minimum absolute atomic E-state index is 0.246. The molecule has 1 saturated heterocycles. The van der Waals surface area contributed by atoms with E-state index in [4.69, 9.17) is 14.2 Å². The molecule has 28 heavy (non-hydrogen) atoms. The fourth-order valence-electron chi connectivity index (χ4n) is 3.22. The minimum Gasteiger partial charge on any atom is -0.497 e. The summed E-state index contributed by atoms with van der Waals surface area (Å²) in [6.45, 7) is 4.57. The first-order chi connectivity index (χ1) is 13.6. The third-order valence-electron chi connectivity index (χ3n) is 5.19. The van der Waals surface area contributed by atoms with Crippen LogP contribution in [0.15, 0.2) is 48.5 Å². The van der Waals surface area contributed by atoms with Crippen LogP contribution in [-0.4, -0.2) is 44.3 Å². The van der Waals surface area contributed by atoms with E-state index < -0.39 is 0 Å². The summed E-state index contributed by atoms with van der Waals surface area (Å²) in [5.74, 6) is 1.99. The number of rotatable bonds is 8. The lowest BCUT2D eigenvalue weighted by Crippen LogP contribution is -2.56. The van der Waals surface area contributed by atoms with Crippen molar-refractivity contribution in [3.8, 4) is 11.5 Å². The number of hydrogen-bond donors (Lipinski definition) is 1. The number of amides is 1. The number of carbonyl (C=O) groups is 1. The van der Waals surface area contributed by atoms with Crippen LogP contribution >= 0.6 is 0 Å². The summed E-state index contributed by atoms with van der Waals surface area (Å²) >= 11 is 0. The Bertz CT molecular complexity index is 775. The van der Waals surface area contributed by atoms with Crippen molar-refractivity contribution in [3.63, 3.8) is 0 Å². The number of hydrogen-bond acceptors (Lipinski definition) is 5. The van der Waals surface area contributed by atoms with E-state index in [1.807, 2.05) is 48.5 Å². The fourth-order valence-corrected chi connectivity index (χ4v) is 3.22. The Kier molecular flexibility index (Phi) is 6.76. The predicted molar refractivity (Wildman–Crippen MR) is 108 cm³/mol. The summed E-state index contributed by atoms with van der Waals surface area (Å²) in [5, 5.41) is 3.53. The van der Waals surface area contributed by atoms with E-state index in [0.29, 0.717) is 32.2 Å². The van der Waals surface area contributed by atoms with E-state index in [1.165, 1.54) is 0 Å².